The largest absolute Gasteiger partial charge is 0.304 e. The van der Waals surface area contributed by atoms with Gasteiger partial charge in [0.05, 0.1) is 6.54 Å². The molecule has 1 aromatic rings. The van der Waals surface area contributed by atoms with Gasteiger partial charge < -0.3 is 4.90 Å². The number of piperazine rings is 1. The van der Waals surface area contributed by atoms with Crippen molar-refractivity contribution in [2.24, 2.45) is 4.99 Å². The molecule has 96 valence electrons. The topological polar surface area (TPSA) is 35.9 Å². The number of likely N-dealkylation sites (N-methyl/N-ethyl adjacent to an activating group) is 1. The molecule has 1 fully saturated rings. The Morgan fingerprint density at radius 3 is 2.50 bits per heavy atom. The van der Waals surface area contributed by atoms with E-state index in [0.29, 0.717) is 6.54 Å². The second-order valence-corrected chi connectivity index (χ2v) is 4.76. The van der Waals surface area contributed by atoms with Gasteiger partial charge in [-0.1, -0.05) is 24.3 Å². The Morgan fingerprint density at radius 2 is 1.83 bits per heavy atom. The van der Waals surface area contributed by atoms with Crippen LogP contribution in [0.1, 0.15) is 11.1 Å². The van der Waals surface area contributed by atoms with Gasteiger partial charge in [0.25, 0.3) is 0 Å². The SMILES string of the molecule is CN1CCN(Cc2ccccc2CN=C=O)CC1. The first-order valence-corrected chi connectivity index (χ1v) is 6.31. The smallest absolute Gasteiger partial charge is 0.235 e. The maximum atomic E-state index is 10.2. The summed E-state index contributed by atoms with van der Waals surface area (Å²) < 4.78 is 0. The van der Waals surface area contributed by atoms with E-state index in [1.54, 1.807) is 6.08 Å². The Balaban J connectivity index is 2.01. The molecule has 2 rings (SSSR count). The van der Waals surface area contributed by atoms with Gasteiger partial charge in [0.2, 0.25) is 6.08 Å². The fourth-order valence-corrected chi connectivity index (χ4v) is 2.23. The van der Waals surface area contributed by atoms with Crippen molar-refractivity contribution in [2.45, 2.75) is 13.1 Å². The molecule has 0 saturated carbocycles. The van der Waals surface area contributed by atoms with E-state index in [4.69, 9.17) is 0 Å². The van der Waals surface area contributed by atoms with Gasteiger partial charge in [-0.3, -0.25) is 4.90 Å². The van der Waals surface area contributed by atoms with Crippen LogP contribution in [0, 0.1) is 0 Å². The summed E-state index contributed by atoms with van der Waals surface area (Å²) >= 11 is 0. The van der Waals surface area contributed by atoms with Crippen LogP contribution in [0.25, 0.3) is 0 Å². The number of carbonyl (C=O) groups excluding carboxylic acids is 1. The van der Waals surface area contributed by atoms with Gasteiger partial charge in [0.15, 0.2) is 0 Å². The molecule has 4 heteroatoms. The standard InChI is InChI=1S/C14H19N3O/c1-16-6-8-17(9-7-16)11-14-5-3-2-4-13(14)10-15-12-18/h2-5H,6-11H2,1H3. The monoisotopic (exact) mass is 245 g/mol. The van der Waals surface area contributed by atoms with Crippen LogP contribution in [0.5, 0.6) is 0 Å². The van der Waals surface area contributed by atoms with Crippen LogP contribution in [0.3, 0.4) is 0 Å². The van der Waals surface area contributed by atoms with Gasteiger partial charge in [-0.25, -0.2) is 9.79 Å². The number of hydrogen-bond acceptors (Lipinski definition) is 4. The number of hydrogen-bond donors (Lipinski definition) is 0. The molecular formula is C14H19N3O. The van der Waals surface area contributed by atoms with Gasteiger partial charge >= 0.3 is 0 Å². The minimum absolute atomic E-state index is 0.438. The van der Waals surface area contributed by atoms with Crippen molar-refractivity contribution in [3.8, 4) is 0 Å². The van der Waals surface area contributed by atoms with Crippen LogP contribution in [-0.4, -0.2) is 49.1 Å². The zero-order valence-corrected chi connectivity index (χ0v) is 10.8. The Morgan fingerprint density at radius 1 is 1.17 bits per heavy atom. The molecule has 4 nitrogen and oxygen atoms in total. The summed E-state index contributed by atoms with van der Waals surface area (Å²) in [6, 6.07) is 8.18. The first-order chi connectivity index (χ1) is 8.79. The molecule has 1 aliphatic rings. The zero-order chi connectivity index (χ0) is 12.8. The van der Waals surface area contributed by atoms with Crippen LogP contribution >= 0.6 is 0 Å². The molecule has 0 amide bonds. The highest BCUT2D eigenvalue weighted by atomic mass is 16.1. The predicted molar refractivity (Wildman–Crippen MR) is 71.0 cm³/mol. The van der Waals surface area contributed by atoms with Crippen LogP contribution in [0.4, 0.5) is 0 Å². The Labute approximate surface area is 108 Å². The molecule has 1 saturated heterocycles. The summed E-state index contributed by atoms with van der Waals surface area (Å²) in [5, 5.41) is 0. The van der Waals surface area contributed by atoms with E-state index < -0.39 is 0 Å². The van der Waals surface area contributed by atoms with E-state index in [1.165, 1.54) is 5.56 Å². The average Bonchev–Trinajstić information content (AvgIpc) is 2.40. The van der Waals surface area contributed by atoms with Crippen molar-refractivity contribution in [1.29, 1.82) is 0 Å². The Kier molecular flexibility index (Phi) is 4.65. The van der Waals surface area contributed by atoms with Crippen molar-refractivity contribution in [1.82, 2.24) is 9.80 Å². The van der Waals surface area contributed by atoms with E-state index in [9.17, 15) is 4.79 Å². The minimum atomic E-state index is 0.438. The first-order valence-electron chi connectivity index (χ1n) is 6.31. The lowest BCUT2D eigenvalue weighted by molar-refractivity contribution is 0.148. The Bertz CT molecular complexity index is 432. The molecule has 0 bridgehead atoms. The predicted octanol–water partition coefficient (Wildman–Crippen LogP) is 1.27. The van der Waals surface area contributed by atoms with E-state index >= 15 is 0 Å². The lowest BCUT2D eigenvalue weighted by Gasteiger charge is -2.32. The summed E-state index contributed by atoms with van der Waals surface area (Å²) in [5.74, 6) is 0. The third-order valence-corrected chi connectivity index (χ3v) is 3.42. The number of isocyanates is 1. The molecule has 0 atom stereocenters. The number of nitrogens with zero attached hydrogens (tertiary/aromatic N) is 3. The fourth-order valence-electron chi connectivity index (χ4n) is 2.23. The summed E-state index contributed by atoms with van der Waals surface area (Å²) in [6.07, 6.45) is 1.61. The van der Waals surface area contributed by atoms with E-state index in [1.807, 2.05) is 18.2 Å². The van der Waals surface area contributed by atoms with Gasteiger partial charge in [0.1, 0.15) is 0 Å². The highest BCUT2D eigenvalue weighted by Crippen LogP contribution is 2.14. The molecule has 0 aliphatic carbocycles. The minimum Gasteiger partial charge on any atom is -0.304 e. The highest BCUT2D eigenvalue weighted by Gasteiger charge is 2.14. The van der Waals surface area contributed by atoms with Gasteiger partial charge in [0, 0.05) is 32.7 Å². The van der Waals surface area contributed by atoms with Crippen molar-refractivity contribution >= 4 is 6.08 Å². The average molecular weight is 245 g/mol. The number of benzene rings is 1. The molecular weight excluding hydrogens is 226 g/mol. The molecule has 0 spiro atoms. The molecule has 1 aromatic carbocycles. The molecule has 0 aromatic heterocycles. The number of rotatable bonds is 4. The zero-order valence-electron chi connectivity index (χ0n) is 10.8. The van der Waals surface area contributed by atoms with Crippen LogP contribution in [-0.2, 0) is 17.9 Å². The van der Waals surface area contributed by atoms with Gasteiger partial charge in [-0.15, -0.1) is 0 Å². The maximum absolute atomic E-state index is 10.2. The summed E-state index contributed by atoms with van der Waals surface area (Å²) in [7, 11) is 2.16. The fraction of sp³-hybridized carbons (Fsp3) is 0.500. The molecule has 18 heavy (non-hydrogen) atoms. The maximum Gasteiger partial charge on any atom is 0.235 e. The summed E-state index contributed by atoms with van der Waals surface area (Å²) in [5.41, 5.74) is 2.39. The molecule has 0 unspecified atom stereocenters. The van der Waals surface area contributed by atoms with Crippen LogP contribution in [0.2, 0.25) is 0 Å². The van der Waals surface area contributed by atoms with Crippen LogP contribution in [0.15, 0.2) is 29.3 Å². The van der Waals surface area contributed by atoms with Crippen molar-refractivity contribution in [2.75, 3.05) is 33.2 Å². The quantitative estimate of drug-likeness (QED) is 0.592. The second kappa shape index (κ2) is 6.45. The molecule has 0 radical (unpaired) electrons. The van der Waals surface area contributed by atoms with Gasteiger partial charge in [-0.2, -0.15) is 0 Å². The molecule has 1 aliphatic heterocycles. The lowest BCUT2D eigenvalue weighted by atomic mass is 10.1. The first kappa shape index (κ1) is 13.0. The second-order valence-electron chi connectivity index (χ2n) is 4.76. The van der Waals surface area contributed by atoms with Crippen molar-refractivity contribution in [3.05, 3.63) is 35.4 Å². The summed E-state index contributed by atoms with van der Waals surface area (Å²) in [4.78, 5) is 18.7. The van der Waals surface area contributed by atoms with E-state index in [2.05, 4.69) is 27.9 Å². The Hall–Kier alpha value is -1.48. The van der Waals surface area contributed by atoms with E-state index in [0.717, 1.165) is 38.3 Å². The third-order valence-electron chi connectivity index (χ3n) is 3.42. The third kappa shape index (κ3) is 3.50. The summed E-state index contributed by atoms with van der Waals surface area (Å²) in [6.45, 7) is 5.82. The van der Waals surface area contributed by atoms with Crippen molar-refractivity contribution < 1.29 is 4.79 Å². The van der Waals surface area contributed by atoms with Crippen LogP contribution < -0.4 is 0 Å². The van der Waals surface area contributed by atoms with Crippen molar-refractivity contribution in [3.63, 3.8) is 0 Å². The normalized spacial score (nSPS) is 17.4. The molecule has 0 N–H and O–H groups in total. The molecule has 1 heterocycles. The highest BCUT2D eigenvalue weighted by molar-refractivity contribution is 5.35. The van der Waals surface area contributed by atoms with Gasteiger partial charge in [-0.05, 0) is 18.2 Å². The lowest BCUT2D eigenvalue weighted by Crippen LogP contribution is -2.44. The van der Waals surface area contributed by atoms with E-state index in [-0.39, 0.29) is 0 Å². The number of aliphatic imine (C=N–C) groups is 1.